The van der Waals surface area contributed by atoms with Crippen molar-refractivity contribution in [1.29, 1.82) is 0 Å². The number of hydrogen-bond acceptors (Lipinski definition) is 2. The van der Waals surface area contributed by atoms with E-state index in [9.17, 15) is 17.6 Å². The van der Waals surface area contributed by atoms with E-state index in [4.69, 9.17) is 4.74 Å². The van der Waals surface area contributed by atoms with Crippen LogP contribution in [-0.2, 0) is 17.5 Å². The lowest BCUT2D eigenvalue weighted by molar-refractivity contribution is -0.138. The second-order valence-corrected chi connectivity index (χ2v) is 4.93. The van der Waals surface area contributed by atoms with Crippen LogP contribution < -0.4 is 5.32 Å². The zero-order valence-electron chi connectivity index (χ0n) is 11.1. The molecule has 0 bridgehead atoms. The molecule has 1 N–H and O–H groups in total. The van der Waals surface area contributed by atoms with Gasteiger partial charge in [-0.25, -0.2) is 4.39 Å². The highest BCUT2D eigenvalue weighted by Gasteiger charge is 2.34. The summed E-state index contributed by atoms with van der Waals surface area (Å²) in [5, 5.41) is 3.05. The molecule has 0 saturated heterocycles. The zero-order chi connectivity index (χ0) is 14.8. The third-order valence-corrected chi connectivity index (χ3v) is 3.46. The maximum Gasteiger partial charge on any atom is 0.416 e. The summed E-state index contributed by atoms with van der Waals surface area (Å²) in [6, 6.07) is 2.94. The maximum atomic E-state index is 13.0. The monoisotopic (exact) mass is 291 g/mol. The van der Waals surface area contributed by atoms with E-state index in [1.807, 2.05) is 6.92 Å². The van der Waals surface area contributed by atoms with Crippen LogP contribution in [0.3, 0.4) is 0 Å². The van der Waals surface area contributed by atoms with Crippen molar-refractivity contribution in [3.8, 4) is 0 Å². The van der Waals surface area contributed by atoms with E-state index in [-0.39, 0.29) is 24.3 Å². The molecule has 1 aliphatic carbocycles. The Morgan fingerprint density at radius 1 is 1.30 bits per heavy atom. The van der Waals surface area contributed by atoms with Crippen molar-refractivity contribution in [3.05, 3.63) is 35.1 Å². The summed E-state index contributed by atoms with van der Waals surface area (Å²) in [5.74, 6) is -0.874. The first-order valence-electron chi connectivity index (χ1n) is 6.60. The van der Waals surface area contributed by atoms with Crippen molar-refractivity contribution < 1.29 is 22.3 Å². The summed E-state index contributed by atoms with van der Waals surface area (Å²) in [6.07, 6.45) is -2.73. The minimum atomic E-state index is -4.54. The van der Waals surface area contributed by atoms with Crippen molar-refractivity contribution in [2.75, 3.05) is 6.61 Å². The van der Waals surface area contributed by atoms with Gasteiger partial charge in [0.15, 0.2) is 0 Å². The Morgan fingerprint density at radius 3 is 2.60 bits per heavy atom. The Hall–Kier alpha value is -1.14. The highest BCUT2D eigenvalue weighted by atomic mass is 19.4. The predicted molar refractivity (Wildman–Crippen MR) is 66.7 cm³/mol. The summed E-state index contributed by atoms with van der Waals surface area (Å²) in [4.78, 5) is 0. The first-order chi connectivity index (χ1) is 9.40. The molecule has 1 fully saturated rings. The first-order valence-corrected chi connectivity index (χ1v) is 6.60. The fraction of sp³-hybridized carbons (Fsp3) is 0.571. The molecule has 0 aromatic heterocycles. The standard InChI is InChI=1S/C14H17F4NO/c1-2-20-12-6-11(7-12)19-8-9-3-4-10(15)5-13(9)14(16,17)18/h3-5,11-12,19H,2,6-8H2,1H3. The Balaban J connectivity index is 1.94. The van der Waals surface area contributed by atoms with Gasteiger partial charge in [-0.1, -0.05) is 6.07 Å². The molecule has 0 unspecified atom stereocenters. The molecule has 2 nitrogen and oxygen atoms in total. The van der Waals surface area contributed by atoms with Crippen molar-refractivity contribution in [2.24, 2.45) is 0 Å². The van der Waals surface area contributed by atoms with Crippen LogP contribution in [0.1, 0.15) is 30.9 Å². The summed E-state index contributed by atoms with van der Waals surface area (Å²) in [7, 11) is 0. The maximum absolute atomic E-state index is 13.0. The average molecular weight is 291 g/mol. The highest BCUT2D eigenvalue weighted by Crippen LogP contribution is 2.33. The molecule has 2 rings (SSSR count). The minimum Gasteiger partial charge on any atom is -0.378 e. The van der Waals surface area contributed by atoms with Gasteiger partial charge in [0.1, 0.15) is 5.82 Å². The minimum absolute atomic E-state index is 0.0683. The van der Waals surface area contributed by atoms with Gasteiger partial charge in [0.05, 0.1) is 11.7 Å². The molecule has 0 atom stereocenters. The van der Waals surface area contributed by atoms with Gasteiger partial charge in [-0.2, -0.15) is 13.2 Å². The quantitative estimate of drug-likeness (QED) is 0.838. The summed E-state index contributed by atoms with van der Waals surface area (Å²) < 4.78 is 56.7. The fourth-order valence-electron chi connectivity index (χ4n) is 2.33. The van der Waals surface area contributed by atoms with Crippen LogP contribution in [0.5, 0.6) is 0 Å². The van der Waals surface area contributed by atoms with Crippen molar-refractivity contribution in [2.45, 2.75) is 44.6 Å². The largest absolute Gasteiger partial charge is 0.416 e. The smallest absolute Gasteiger partial charge is 0.378 e. The number of benzene rings is 1. The van der Waals surface area contributed by atoms with Crippen molar-refractivity contribution in [1.82, 2.24) is 5.32 Å². The van der Waals surface area contributed by atoms with E-state index >= 15 is 0 Å². The van der Waals surface area contributed by atoms with Gasteiger partial charge in [0.25, 0.3) is 0 Å². The van der Waals surface area contributed by atoms with Crippen molar-refractivity contribution in [3.63, 3.8) is 0 Å². The van der Waals surface area contributed by atoms with Gasteiger partial charge in [-0.05, 0) is 37.5 Å². The van der Waals surface area contributed by atoms with Crippen LogP contribution in [0.15, 0.2) is 18.2 Å². The van der Waals surface area contributed by atoms with Gasteiger partial charge < -0.3 is 10.1 Å². The van der Waals surface area contributed by atoms with E-state index < -0.39 is 17.6 Å². The van der Waals surface area contributed by atoms with E-state index in [0.29, 0.717) is 12.7 Å². The number of halogens is 4. The van der Waals surface area contributed by atoms with Crippen LogP contribution in [0.25, 0.3) is 0 Å². The zero-order valence-corrected chi connectivity index (χ0v) is 11.1. The molecule has 20 heavy (non-hydrogen) atoms. The molecule has 112 valence electrons. The molecule has 1 aromatic carbocycles. The lowest BCUT2D eigenvalue weighted by Crippen LogP contribution is -2.45. The fourth-order valence-corrected chi connectivity index (χ4v) is 2.33. The van der Waals surface area contributed by atoms with E-state index in [0.717, 1.165) is 18.9 Å². The predicted octanol–water partition coefficient (Wildman–Crippen LogP) is 3.50. The molecule has 0 radical (unpaired) electrons. The van der Waals surface area contributed by atoms with Crippen molar-refractivity contribution >= 4 is 0 Å². The Labute approximate surface area is 115 Å². The van der Waals surface area contributed by atoms with Gasteiger partial charge >= 0.3 is 6.18 Å². The van der Waals surface area contributed by atoms with Gasteiger partial charge in [0, 0.05) is 19.2 Å². The van der Waals surface area contributed by atoms with E-state index in [1.54, 1.807) is 0 Å². The number of rotatable bonds is 5. The highest BCUT2D eigenvalue weighted by molar-refractivity contribution is 5.30. The second-order valence-electron chi connectivity index (χ2n) is 4.93. The number of nitrogens with one attached hydrogen (secondary N) is 1. The van der Waals surface area contributed by atoms with E-state index in [2.05, 4.69) is 5.32 Å². The SMILES string of the molecule is CCOC1CC(NCc2ccc(F)cc2C(F)(F)F)C1. The molecule has 0 amide bonds. The lowest BCUT2D eigenvalue weighted by Gasteiger charge is -2.35. The van der Waals surface area contributed by atoms with Crippen LogP contribution >= 0.6 is 0 Å². The first kappa shape index (κ1) is 15.3. The summed E-state index contributed by atoms with van der Waals surface area (Å²) in [6.45, 7) is 2.64. The molecular weight excluding hydrogens is 274 g/mol. The lowest BCUT2D eigenvalue weighted by atomic mass is 9.89. The molecule has 6 heteroatoms. The third kappa shape index (κ3) is 3.70. The Kier molecular flexibility index (Phi) is 4.65. The number of ether oxygens (including phenoxy) is 1. The molecule has 1 aliphatic rings. The van der Waals surface area contributed by atoms with Crippen LogP contribution in [0, 0.1) is 5.82 Å². The normalized spacial score (nSPS) is 22.6. The number of hydrogen-bond donors (Lipinski definition) is 1. The van der Waals surface area contributed by atoms with Crippen LogP contribution in [0.4, 0.5) is 17.6 Å². The average Bonchev–Trinajstić information content (AvgIpc) is 2.32. The Bertz CT molecular complexity index is 455. The molecule has 0 spiro atoms. The molecule has 1 saturated carbocycles. The topological polar surface area (TPSA) is 21.3 Å². The van der Waals surface area contributed by atoms with Gasteiger partial charge in [0.2, 0.25) is 0 Å². The summed E-state index contributed by atoms with van der Waals surface area (Å²) >= 11 is 0. The van der Waals surface area contributed by atoms with Crippen LogP contribution in [-0.4, -0.2) is 18.8 Å². The second kappa shape index (κ2) is 6.10. The van der Waals surface area contributed by atoms with E-state index in [1.165, 1.54) is 6.07 Å². The molecule has 1 aromatic rings. The molecule has 0 heterocycles. The molecule has 0 aliphatic heterocycles. The summed E-state index contributed by atoms with van der Waals surface area (Å²) in [5.41, 5.74) is -0.843. The number of alkyl halides is 3. The molecular formula is C14H17F4NO. The Morgan fingerprint density at radius 2 is 2.00 bits per heavy atom. The van der Waals surface area contributed by atoms with Gasteiger partial charge in [-0.15, -0.1) is 0 Å². The van der Waals surface area contributed by atoms with Gasteiger partial charge in [-0.3, -0.25) is 0 Å². The third-order valence-electron chi connectivity index (χ3n) is 3.46. The van der Waals surface area contributed by atoms with Crippen LogP contribution in [0.2, 0.25) is 0 Å².